The van der Waals surface area contributed by atoms with E-state index < -0.39 is 5.41 Å². The number of rotatable bonds is 7. The van der Waals surface area contributed by atoms with Gasteiger partial charge in [0, 0.05) is 45.0 Å². The molecule has 4 aliphatic rings. The second-order valence-corrected chi connectivity index (χ2v) is 22.0. The fourth-order valence-electron chi connectivity index (χ4n) is 14.0. The van der Waals surface area contributed by atoms with Crippen molar-refractivity contribution in [3.8, 4) is 55.6 Å². The first-order valence-corrected chi connectivity index (χ1v) is 26.5. The van der Waals surface area contributed by atoms with E-state index >= 15 is 0 Å². The van der Waals surface area contributed by atoms with Crippen LogP contribution >= 0.6 is 0 Å². The van der Waals surface area contributed by atoms with Crippen LogP contribution in [-0.2, 0) is 16.2 Å². The van der Waals surface area contributed by atoms with Crippen LogP contribution < -0.4 is 9.80 Å². The van der Waals surface area contributed by atoms with Gasteiger partial charge in [0.15, 0.2) is 0 Å². The van der Waals surface area contributed by atoms with Crippen molar-refractivity contribution < 1.29 is 0 Å². The Bertz CT molecular complexity index is 3910. The Morgan fingerprint density at radius 3 is 0.973 bits per heavy atom. The first-order chi connectivity index (χ1) is 36.7. The van der Waals surface area contributed by atoms with Crippen molar-refractivity contribution in [1.29, 1.82) is 0 Å². The number of anilines is 6. The molecule has 0 bridgehead atoms. The fourth-order valence-corrected chi connectivity index (χ4v) is 14.0. The summed E-state index contributed by atoms with van der Waals surface area (Å²) in [6.07, 6.45) is 0. The average Bonchev–Trinajstić information content (AvgIpc) is 4.26. The molecule has 2 nitrogen and oxygen atoms in total. The lowest BCUT2D eigenvalue weighted by Crippen LogP contribution is -2.25. The van der Waals surface area contributed by atoms with Crippen molar-refractivity contribution in [3.63, 3.8) is 0 Å². The largest absolute Gasteiger partial charge is 0.310 e. The number of nitrogens with zero attached hydrogens (tertiary/aromatic N) is 2. The van der Waals surface area contributed by atoms with Gasteiger partial charge in [-0.2, -0.15) is 0 Å². The molecule has 0 fully saturated rings. The predicted molar refractivity (Wildman–Crippen MR) is 313 cm³/mol. The first kappa shape index (κ1) is 43.6. The van der Waals surface area contributed by atoms with Crippen LogP contribution in [0, 0.1) is 0 Å². The molecule has 0 aliphatic heterocycles. The third-order valence-corrected chi connectivity index (χ3v) is 17.4. The summed E-state index contributed by atoms with van der Waals surface area (Å²) in [7, 11) is 0. The van der Waals surface area contributed by atoms with Gasteiger partial charge in [0.1, 0.15) is 0 Å². The van der Waals surface area contributed by atoms with Gasteiger partial charge in [-0.15, -0.1) is 0 Å². The highest BCUT2D eigenvalue weighted by Gasteiger charge is 2.51. The van der Waals surface area contributed by atoms with Gasteiger partial charge in [0.05, 0.1) is 5.41 Å². The summed E-state index contributed by atoms with van der Waals surface area (Å²) in [5.74, 6) is 0. The van der Waals surface area contributed by atoms with Gasteiger partial charge in [-0.05, 0) is 173 Å². The van der Waals surface area contributed by atoms with E-state index in [1.165, 1.54) is 94.6 Å². The van der Waals surface area contributed by atoms with Gasteiger partial charge >= 0.3 is 0 Å². The highest BCUT2D eigenvalue weighted by molar-refractivity contribution is 5.97. The molecule has 0 unspecified atom stereocenters. The summed E-state index contributed by atoms with van der Waals surface area (Å²) < 4.78 is 0. The van der Waals surface area contributed by atoms with Crippen LogP contribution in [0.25, 0.3) is 55.6 Å². The molecule has 0 saturated carbocycles. The Labute approximate surface area is 440 Å². The van der Waals surface area contributed by atoms with Crippen LogP contribution in [0.3, 0.4) is 0 Å². The highest BCUT2D eigenvalue weighted by atomic mass is 15.2. The van der Waals surface area contributed by atoms with E-state index in [9.17, 15) is 0 Å². The molecule has 11 aromatic carbocycles. The SMILES string of the molecule is CC1(C)c2ccccc2-c2ccc(N(c3ccccc3)c3cc(-c4ccc5c(c4)C4(c6ccccc6-c6ccccc64)c4ccccc4-5)cc(N(c4ccccc4)c4ccc5c(c4)C(C)(C)c4ccccc4-5)c3)cc21. The van der Waals surface area contributed by atoms with Crippen LogP contribution in [0.15, 0.2) is 255 Å². The maximum absolute atomic E-state index is 2.53. The molecular weight excluding hydrogens is 905 g/mol. The molecule has 0 radical (unpaired) electrons. The van der Waals surface area contributed by atoms with Crippen molar-refractivity contribution in [2.75, 3.05) is 9.80 Å². The molecule has 0 heterocycles. The molecule has 75 heavy (non-hydrogen) atoms. The Balaban J connectivity index is 0.991. The molecule has 4 aliphatic carbocycles. The second kappa shape index (κ2) is 16.0. The van der Waals surface area contributed by atoms with E-state index in [1.807, 2.05) is 0 Å². The molecule has 15 rings (SSSR count). The van der Waals surface area contributed by atoms with E-state index in [-0.39, 0.29) is 10.8 Å². The van der Waals surface area contributed by atoms with Crippen LogP contribution in [0.4, 0.5) is 34.1 Å². The van der Waals surface area contributed by atoms with Gasteiger partial charge in [-0.1, -0.05) is 210 Å². The monoisotopic (exact) mass is 958 g/mol. The van der Waals surface area contributed by atoms with Crippen LogP contribution in [0.2, 0.25) is 0 Å². The standard InChI is InChI=1S/C73H54N2/c1-71(2)63-30-16-11-25-55(63)60-39-36-51(45-68(60)71)74(49-21-7-5-8-22-49)53-41-48(42-54(44-53)75(50-23-9-6-10-24-50)52-37-40-61-56-26-12-17-31-64(56)72(3,4)69(61)46-52)47-35-38-62-59-29-15-20-34-67(59)73(70(62)43-47)65-32-18-13-27-57(65)58-28-14-19-33-66(58)73/h5-46H,1-4H3. The fraction of sp³-hybridized carbons (Fsp3) is 0.0959. The van der Waals surface area contributed by atoms with Gasteiger partial charge in [0.25, 0.3) is 0 Å². The summed E-state index contributed by atoms with van der Waals surface area (Å²) in [4.78, 5) is 4.96. The molecule has 0 atom stereocenters. The third kappa shape index (κ3) is 6.14. The van der Waals surface area contributed by atoms with Crippen LogP contribution in [0.1, 0.15) is 72.2 Å². The number of benzene rings is 11. The highest BCUT2D eigenvalue weighted by Crippen LogP contribution is 2.63. The minimum absolute atomic E-state index is 0.169. The number of fused-ring (bicyclic) bond motifs is 16. The second-order valence-electron chi connectivity index (χ2n) is 22.0. The number of hydrogen-bond acceptors (Lipinski definition) is 2. The van der Waals surface area contributed by atoms with Crippen molar-refractivity contribution in [2.45, 2.75) is 43.9 Å². The van der Waals surface area contributed by atoms with E-state index in [1.54, 1.807) is 0 Å². The van der Waals surface area contributed by atoms with E-state index in [2.05, 4.69) is 292 Å². The zero-order valence-electron chi connectivity index (χ0n) is 42.6. The van der Waals surface area contributed by atoms with Gasteiger partial charge in [-0.3, -0.25) is 0 Å². The maximum atomic E-state index is 2.53. The molecule has 0 aromatic heterocycles. The van der Waals surface area contributed by atoms with Gasteiger partial charge < -0.3 is 9.80 Å². The lowest BCUT2D eigenvalue weighted by Gasteiger charge is -2.32. The molecule has 11 aromatic rings. The van der Waals surface area contributed by atoms with Crippen LogP contribution in [0.5, 0.6) is 0 Å². The Morgan fingerprint density at radius 1 is 0.213 bits per heavy atom. The molecule has 356 valence electrons. The Hall–Kier alpha value is -8.98. The summed E-state index contributed by atoms with van der Waals surface area (Å²) in [6.45, 7) is 9.50. The summed E-state index contributed by atoms with van der Waals surface area (Å²) >= 11 is 0. The lowest BCUT2D eigenvalue weighted by atomic mass is 9.70. The van der Waals surface area contributed by atoms with Crippen LogP contribution in [-0.4, -0.2) is 0 Å². The molecule has 2 heteroatoms. The van der Waals surface area contributed by atoms with Crippen molar-refractivity contribution in [1.82, 2.24) is 0 Å². The number of para-hydroxylation sites is 2. The van der Waals surface area contributed by atoms with Gasteiger partial charge in [-0.25, -0.2) is 0 Å². The van der Waals surface area contributed by atoms with E-state index in [0.29, 0.717) is 0 Å². The first-order valence-electron chi connectivity index (χ1n) is 26.5. The normalized spacial score (nSPS) is 14.7. The Kier molecular flexibility index (Phi) is 9.30. The number of hydrogen-bond donors (Lipinski definition) is 0. The quantitative estimate of drug-likeness (QED) is 0.157. The van der Waals surface area contributed by atoms with Crippen molar-refractivity contribution in [2.24, 2.45) is 0 Å². The zero-order valence-corrected chi connectivity index (χ0v) is 42.6. The van der Waals surface area contributed by atoms with E-state index in [4.69, 9.17) is 0 Å². The van der Waals surface area contributed by atoms with Crippen molar-refractivity contribution in [3.05, 3.63) is 299 Å². The third-order valence-electron chi connectivity index (χ3n) is 17.4. The summed E-state index contributed by atoms with van der Waals surface area (Å²) in [5, 5.41) is 0. The molecular formula is C73H54N2. The minimum atomic E-state index is -0.467. The molecule has 0 N–H and O–H groups in total. The molecule has 1 spiro atoms. The summed E-state index contributed by atoms with van der Waals surface area (Å²) in [5.41, 5.74) is 29.3. The topological polar surface area (TPSA) is 6.48 Å². The predicted octanol–water partition coefficient (Wildman–Crippen LogP) is 19.2. The van der Waals surface area contributed by atoms with E-state index in [0.717, 1.165) is 39.7 Å². The summed E-state index contributed by atoms with van der Waals surface area (Å²) in [6, 6.07) is 96.0. The zero-order chi connectivity index (χ0) is 50.2. The smallest absolute Gasteiger partial charge is 0.0725 e. The lowest BCUT2D eigenvalue weighted by molar-refractivity contribution is 0.660. The molecule has 0 amide bonds. The maximum Gasteiger partial charge on any atom is 0.0725 e. The Morgan fingerprint density at radius 2 is 0.547 bits per heavy atom. The minimum Gasteiger partial charge on any atom is -0.310 e. The molecule has 0 saturated heterocycles. The van der Waals surface area contributed by atoms with Gasteiger partial charge in [0.2, 0.25) is 0 Å². The average molecular weight is 959 g/mol. The van der Waals surface area contributed by atoms with Crippen molar-refractivity contribution >= 4 is 34.1 Å².